The third-order valence-corrected chi connectivity index (χ3v) is 2.38. The molecule has 0 atom stereocenters. The first-order valence-electron chi connectivity index (χ1n) is 5.20. The summed E-state index contributed by atoms with van der Waals surface area (Å²) in [4.78, 5) is 22.3. The van der Waals surface area contributed by atoms with Crippen LogP contribution in [0.1, 0.15) is 20.3 Å². The van der Waals surface area contributed by atoms with E-state index in [1.807, 2.05) is 0 Å². The van der Waals surface area contributed by atoms with Crippen LogP contribution in [0.3, 0.4) is 0 Å². The Morgan fingerprint density at radius 3 is 2.50 bits per heavy atom. The number of hydrogen-bond donors (Lipinski definition) is 2. The lowest BCUT2D eigenvalue weighted by Gasteiger charge is -2.21. The number of carbonyl (C=O) groups excluding carboxylic acids is 1. The second kappa shape index (κ2) is 5.12. The minimum atomic E-state index is -1.22. The normalized spacial score (nSPS) is 11.1. The van der Waals surface area contributed by atoms with Crippen molar-refractivity contribution in [2.45, 2.75) is 20.3 Å². The summed E-state index contributed by atoms with van der Waals surface area (Å²) in [5.74, 6) is -3.30. The summed E-state index contributed by atoms with van der Waals surface area (Å²) in [5.41, 5.74) is -1.52. The first-order chi connectivity index (χ1) is 8.22. The number of anilines is 1. The van der Waals surface area contributed by atoms with Gasteiger partial charge < -0.3 is 10.4 Å². The summed E-state index contributed by atoms with van der Waals surface area (Å²) in [7, 11) is 0. The molecule has 2 N–H and O–H groups in total. The topological polar surface area (TPSA) is 66.4 Å². The van der Waals surface area contributed by atoms with E-state index in [1.54, 1.807) is 0 Å². The molecule has 6 heteroatoms. The average Bonchev–Trinajstić information content (AvgIpc) is 2.21. The molecule has 1 amide bonds. The summed E-state index contributed by atoms with van der Waals surface area (Å²) in [6, 6.07) is 2.65. The Balaban J connectivity index is 2.87. The van der Waals surface area contributed by atoms with Crippen molar-refractivity contribution in [3.8, 4) is 0 Å². The Morgan fingerprint density at radius 1 is 1.33 bits per heavy atom. The lowest BCUT2D eigenvalue weighted by atomic mass is 9.88. The summed E-state index contributed by atoms with van der Waals surface area (Å²) >= 11 is 0. The molecular formula is C12H13F2NO3. The summed E-state index contributed by atoms with van der Waals surface area (Å²) < 4.78 is 26.2. The van der Waals surface area contributed by atoms with Gasteiger partial charge in [0.1, 0.15) is 11.6 Å². The molecule has 18 heavy (non-hydrogen) atoms. The number of hydrogen-bond acceptors (Lipinski definition) is 2. The van der Waals surface area contributed by atoms with Gasteiger partial charge in [0.15, 0.2) is 0 Å². The highest BCUT2D eigenvalue weighted by molar-refractivity contribution is 5.96. The van der Waals surface area contributed by atoms with E-state index in [1.165, 1.54) is 13.8 Å². The number of carboxylic acids is 1. The van der Waals surface area contributed by atoms with E-state index in [2.05, 4.69) is 5.32 Å². The van der Waals surface area contributed by atoms with Crippen LogP contribution in [0.15, 0.2) is 18.2 Å². The monoisotopic (exact) mass is 257 g/mol. The zero-order valence-corrected chi connectivity index (χ0v) is 9.96. The highest BCUT2D eigenvalue weighted by Gasteiger charge is 2.31. The molecular weight excluding hydrogens is 244 g/mol. The minimum absolute atomic E-state index is 0.307. The smallest absolute Gasteiger partial charge is 0.304 e. The van der Waals surface area contributed by atoms with Crippen molar-refractivity contribution in [3.05, 3.63) is 29.8 Å². The maximum atomic E-state index is 13.3. The fraction of sp³-hybridized carbons (Fsp3) is 0.333. The zero-order valence-electron chi connectivity index (χ0n) is 9.96. The second-order valence-corrected chi connectivity index (χ2v) is 4.53. The van der Waals surface area contributed by atoms with Crippen molar-refractivity contribution >= 4 is 17.6 Å². The number of halogens is 2. The molecule has 0 aliphatic rings. The van der Waals surface area contributed by atoms with Gasteiger partial charge in [0.05, 0.1) is 17.5 Å². The van der Waals surface area contributed by atoms with E-state index < -0.39 is 35.3 Å². The van der Waals surface area contributed by atoms with E-state index in [9.17, 15) is 18.4 Å². The molecule has 98 valence electrons. The van der Waals surface area contributed by atoms with Gasteiger partial charge in [-0.3, -0.25) is 9.59 Å². The molecule has 0 heterocycles. The van der Waals surface area contributed by atoms with Crippen LogP contribution < -0.4 is 5.32 Å². The standard InChI is InChI=1S/C12H13F2NO3/c1-12(2,6-10(16)17)11(18)15-9-5-7(13)3-4-8(9)14/h3-5H,6H2,1-2H3,(H,15,18)(H,16,17). The van der Waals surface area contributed by atoms with E-state index in [-0.39, 0.29) is 5.69 Å². The van der Waals surface area contributed by atoms with Crippen LogP contribution in [0.4, 0.5) is 14.5 Å². The number of amides is 1. The molecule has 1 aromatic rings. The first kappa shape index (κ1) is 14.1. The SMILES string of the molecule is CC(C)(CC(=O)O)C(=O)Nc1cc(F)ccc1F. The predicted molar refractivity (Wildman–Crippen MR) is 61.0 cm³/mol. The highest BCUT2D eigenvalue weighted by atomic mass is 19.1. The fourth-order valence-corrected chi connectivity index (χ4v) is 1.34. The molecule has 0 radical (unpaired) electrons. The summed E-state index contributed by atoms with van der Waals surface area (Å²) in [6.45, 7) is 2.82. The van der Waals surface area contributed by atoms with Gasteiger partial charge >= 0.3 is 5.97 Å². The number of aliphatic carboxylic acids is 1. The van der Waals surface area contributed by atoms with Gasteiger partial charge in [-0.25, -0.2) is 8.78 Å². The number of carbonyl (C=O) groups is 2. The fourth-order valence-electron chi connectivity index (χ4n) is 1.34. The number of benzene rings is 1. The summed E-state index contributed by atoms with van der Waals surface area (Å²) in [5, 5.41) is 10.8. The summed E-state index contributed by atoms with van der Waals surface area (Å²) in [6.07, 6.45) is -0.407. The quantitative estimate of drug-likeness (QED) is 0.870. The van der Waals surface area contributed by atoms with Crippen LogP contribution in [0.2, 0.25) is 0 Å². The molecule has 0 bridgehead atoms. The number of carboxylic acid groups (broad SMARTS) is 1. The van der Waals surface area contributed by atoms with Crippen LogP contribution in [0, 0.1) is 17.0 Å². The third kappa shape index (κ3) is 3.51. The Hall–Kier alpha value is -1.98. The van der Waals surface area contributed by atoms with Gasteiger partial charge in [-0.05, 0) is 12.1 Å². The number of rotatable bonds is 4. The molecule has 0 spiro atoms. The third-order valence-electron chi connectivity index (χ3n) is 2.38. The van der Waals surface area contributed by atoms with Crippen molar-refractivity contribution in [1.29, 1.82) is 0 Å². The molecule has 0 unspecified atom stereocenters. The highest BCUT2D eigenvalue weighted by Crippen LogP contribution is 2.24. The van der Waals surface area contributed by atoms with Crippen molar-refractivity contribution in [3.63, 3.8) is 0 Å². The molecule has 0 aliphatic heterocycles. The van der Waals surface area contributed by atoms with Crippen LogP contribution in [0.25, 0.3) is 0 Å². The van der Waals surface area contributed by atoms with Gasteiger partial charge in [0.25, 0.3) is 0 Å². The Labute approximate surface area is 103 Å². The lowest BCUT2D eigenvalue weighted by Crippen LogP contribution is -2.33. The Bertz CT molecular complexity index is 486. The molecule has 0 saturated carbocycles. The number of nitrogens with one attached hydrogen (secondary N) is 1. The van der Waals surface area contributed by atoms with Crippen LogP contribution in [0.5, 0.6) is 0 Å². The Morgan fingerprint density at radius 2 is 1.94 bits per heavy atom. The van der Waals surface area contributed by atoms with E-state index in [4.69, 9.17) is 5.11 Å². The molecule has 1 aromatic carbocycles. The van der Waals surface area contributed by atoms with Crippen molar-refractivity contribution < 1.29 is 23.5 Å². The van der Waals surface area contributed by atoms with E-state index in [0.717, 1.165) is 18.2 Å². The largest absolute Gasteiger partial charge is 0.481 e. The van der Waals surface area contributed by atoms with Gasteiger partial charge in [-0.15, -0.1) is 0 Å². The minimum Gasteiger partial charge on any atom is -0.481 e. The van der Waals surface area contributed by atoms with E-state index in [0.29, 0.717) is 0 Å². The van der Waals surface area contributed by atoms with Gasteiger partial charge in [-0.2, -0.15) is 0 Å². The predicted octanol–water partition coefficient (Wildman–Crippen LogP) is 2.40. The Kier molecular flexibility index (Phi) is 4.00. The maximum absolute atomic E-state index is 13.3. The van der Waals surface area contributed by atoms with Crippen LogP contribution in [-0.2, 0) is 9.59 Å². The maximum Gasteiger partial charge on any atom is 0.304 e. The van der Waals surface area contributed by atoms with Gasteiger partial charge in [-0.1, -0.05) is 13.8 Å². The van der Waals surface area contributed by atoms with Gasteiger partial charge in [0.2, 0.25) is 5.91 Å². The first-order valence-corrected chi connectivity index (χ1v) is 5.20. The zero-order chi connectivity index (χ0) is 13.9. The average molecular weight is 257 g/mol. The van der Waals surface area contributed by atoms with E-state index >= 15 is 0 Å². The molecule has 1 rings (SSSR count). The molecule has 0 aromatic heterocycles. The van der Waals surface area contributed by atoms with Crippen molar-refractivity contribution in [2.24, 2.45) is 5.41 Å². The second-order valence-electron chi connectivity index (χ2n) is 4.53. The van der Waals surface area contributed by atoms with Crippen LogP contribution in [-0.4, -0.2) is 17.0 Å². The van der Waals surface area contributed by atoms with Crippen molar-refractivity contribution in [1.82, 2.24) is 0 Å². The molecule has 0 fully saturated rings. The van der Waals surface area contributed by atoms with Gasteiger partial charge in [0, 0.05) is 6.07 Å². The van der Waals surface area contributed by atoms with Crippen LogP contribution >= 0.6 is 0 Å². The molecule has 0 aliphatic carbocycles. The molecule has 4 nitrogen and oxygen atoms in total. The lowest BCUT2D eigenvalue weighted by molar-refractivity contribution is -0.142. The molecule has 0 saturated heterocycles. The van der Waals surface area contributed by atoms with Crippen molar-refractivity contribution in [2.75, 3.05) is 5.32 Å².